The minimum absolute atomic E-state index is 0.0196. The standard InChI is InChI=1S/C12H14N4S/c1-9(13)11(10-3-7-14-8-4-10)17-12-15-5-2-6-16-12/h2-9,11H,13H2,1H3. The smallest absolute Gasteiger partial charge is 0.188 e. The van der Waals surface area contributed by atoms with Gasteiger partial charge in [0.2, 0.25) is 0 Å². The van der Waals surface area contributed by atoms with Crippen molar-refractivity contribution in [3.05, 3.63) is 48.5 Å². The van der Waals surface area contributed by atoms with Crippen molar-refractivity contribution in [2.24, 2.45) is 5.73 Å². The molecular weight excluding hydrogens is 232 g/mol. The second kappa shape index (κ2) is 5.75. The predicted octanol–water partition coefficient (Wildman–Crippen LogP) is 2.05. The maximum atomic E-state index is 6.02. The molecule has 0 radical (unpaired) electrons. The van der Waals surface area contributed by atoms with Crippen LogP contribution in [-0.4, -0.2) is 21.0 Å². The van der Waals surface area contributed by atoms with Gasteiger partial charge < -0.3 is 5.73 Å². The fourth-order valence-corrected chi connectivity index (χ4v) is 2.47. The highest BCUT2D eigenvalue weighted by atomic mass is 32.2. The molecule has 2 unspecified atom stereocenters. The van der Waals surface area contributed by atoms with Crippen molar-refractivity contribution in [1.82, 2.24) is 15.0 Å². The maximum absolute atomic E-state index is 6.02. The first kappa shape index (κ1) is 12.0. The molecule has 0 bridgehead atoms. The Kier molecular flexibility index (Phi) is 4.06. The Hall–Kier alpha value is -1.46. The van der Waals surface area contributed by atoms with Crippen molar-refractivity contribution in [1.29, 1.82) is 0 Å². The van der Waals surface area contributed by atoms with Crippen molar-refractivity contribution < 1.29 is 0 Å². The van der Waals surface area contributed by atoms with Gasteiger partial charge in [-0.25, -0.2) is 9.97 Å². The Morgan fingerprint density at radius 2 is 1.76 bits per heavy atom. The van der Waals surface area contributed by atoms with E-state index in [1.165, 1.54) is 0 Å². The third kappa shape index (κ3) is 3.25. The van der Waals surface area contributed by atoms with E-state index in [9.17, 15) is 0 Å². The molecule has 88 valence electrons. The number of hydrogen-bond acceptors (Lipinski definition) is 5. The van der Waals surface area contributed by atoms with E-state index in [-0.39, 0.29) is 11.3 Å². The van der Waals surface area contributed by atoms with Gasteiger partial charge in [-0.2, -0.15) is 0 Å². The van der Waals surface area contributed by atoms with Crippen molar-refractivity contribution in [3.63, 3.8) is 0 Å². The van der Waals surface area contributed by atoms with Crippen LogP contribution in [0.3, 0.4) is 0 Å². The number of thioether (sulfide) groups is 1. The first-order valence-electron chi connectivity index (χ1n) is 5.36. The number of hydrogen-bond donors (Lipinski definition) is 1. The van der Waals surface area contributed by atoms with Crippen LogP contribution in [0.25, 0.3) is 0 Å². The average Bonchev–Trinajstić information content (AvgIpc) is 2.38. The van der Waals surface area contributed by atoms with Gasteiger partial charge in [0.1, 0.15) is 0 Å². The first-order chi connectivity index (χ1) is 8.27. The fourth-order valence-electron chi connectivity index (χ4n) is 1.49. The highest BCUT2D eigenvalue weighted by Gasteiger charge is 2.18. The van der Waals surface area contributed by atoms with Crippen LogP contribution in [-0.2, 0) is 0 Å². The number of nitrogens with two attached hydrogens (primary N) is 1. The summed E-state index contributed by atoms with van der Waals surface area (Å²) in [5, 5.41) is 0.881. The van der Waals surface area contributed by atoms with E-state index < -0.39 is 0 Å². The van der Waals surface area contributed by atoms with Crippen molar-refractivity contribution in [2.45, 2.75) is 23.4 Å². The van der Waals surface area contributed by atoms with Gasteiger partial charge in [-0.1, -0.05) is 11.8 Å². The molecule has 0 aliphatic heterocycles. The van der Waals surface area contributed by atoms with Gasteiger partial charge >= 0.3 is 0 Å². The van der Waals surface area contributed by atoms with E-state index in [4.69, 9.17) is 5.73 Å². The highest BCUT2D eigenvalue weighted by molar-refractivity contribution is 7.99. The van der Waals surface area contributed by atoms with Crippen molar-refractivity contribution >= 4 is 11.8 Å². The molecule has 5 heteroatoms. The second-order valence-electron chi connectivity index (χ2n) is 3.71. The largest absolute Gasteiger partial charge is 0.327 e. The van der Waals surface area contributed by atoms with Gasteiger partial charge in [0.05, 0.1) is 5.25 Å². The van der Waals surface area contributed by atoms with Crippen LogP contribution in [0, 0.1) is 0 Å². The van der Waals surface area contributed by atoms with Gasteiger partial charge in [-0.05, 0) is 30.7 Å². The quantitative estimate of drug-likeness (QED) is 0.660. The van der Waals surface area contributed by atoms with Crippen LogP contribution in [0.1, 0.15) is 17.7 Å². The Morgan fingerprint density at radius 1 is 1.12 bits per heavy atom. The predicted molar refractivity (Wildman–Crippen MR) is 68.5 cm³/mol. The van der Waals surface area contributed by atoms with E-state index >= 15 is 0 Å². The van der Waals surface area contributed by atoms with Crippen LogP contribution in [0.4, 0.5) is 0 Å². The summed E-state index contributed by atoms with van der Waals surface area (Å²) in [4.78, 5) is 12.4. The summed E-state index contributed by atoms with van der Waals surface area (Å²) < 4.78 is 0. The van der Waals surface area contributed by atoms with E-state index in [1.807, 2.05) is 19.1 Å². The zero-order chi connectivity index (χ0) is 12.1. The Labute approximate surface area is 105 Å². The number of pyridine rings is 1. The molecule has 4 nitrogen and oxygen atoms in total. The monoisotopic (exact) mass is 246 g/mol. The van der Waals surface area contributed by atoms with Crippen LogP contribution in [0.2, 0.25) is 0 Å². The lowest BCUT2D eigenvalue weighted by Gasteiger charge is -2.19. The normalized spacial score (nSPS) is 14.2. The zero-order valence-corrected chi connectivity index (χ0v) is 10.3. The molecule has 2 aromatic heterocycles. The SMILES string of the molecule is CC(N)C(Sc1ncccn1)c1ccncc1. The summed E-state index contributed by atoms with van der Waals surface area (Å²) in [5.74, 6) is 0. The van der Waals surface area contributed by atoms with E-state index in [2.05, 4.69) is 15.0 Å². The van der Waals surface area contributed by atoms with Crippen LogP contribution >= 0.6 is 11.8 Å². The van der Waals surface area contributed by atoms with Gasteiger partial charge in [0, 0.05) is 30.8 Å². The molecule has 2 aromatic rings. The molecule has 0 aliphatic carbocycles. The molecule has 2 rings (SSSR count). The highest BCUT2D eigenvalue weighted by Crippen LogP contribution is 2.34. The van der Waals surface area contributed by atoms with Crippen molar-refractivity contribution in [3.8, 4) is 0 Å². The molecule has 0 saturated carbocycles. The topological polar surface area (TPSA) is 64.7 Å². The minimum Gasteiger partial charge on any atom is -0.327 e. The van der Waals surface area contributed by atoms with Crippen LogP contribution < -0.4 is 5.73 Å². The molecule has 0 aromatic carbocycles. The molecule has 0 fully saturated rings. The van der Waals surface area contributed by atoms with E-state index in [1.54, 1.807) is 42.6 Å². The summed E-state index contributed by atoms with van der Waals surface area (Å²) in [7, 11) is 0. The molecule has 2 N–H and O–H groups in total. The summed E-state index contributed by atoms with van der Waals surface area (Å²) in [6.07, 6.45) is 7.02. The van der Waals surface area contributed by atoms with Crippen LogP contribution in [0.15, 0.2) is 48.1 Å². The molecule has 2 atom stereocenters. The number of rotatable bonds is 4. The molecule has 17 heavy (non-hydrogen) atoms. The van der Waals surface area contributed by atoms with Crippen molar-refractivity contribution in [2.75, 3.05) is 0 Å². The lowest BCUT2D eigenvalue weighted by atomic mass is 10.1. The van der Waals surface area contributed by atoms with Gasteiger partial charge in [0.15, 0.2) is 5.16 Å². The third-order valence-corrected chi connectivity index (χ3v) is 3.66. The van der Waals surface area contributed by atoms with Gasteiger partial charge in [-0.3, -0.25) is 4.98 Å². The van der Waals surface area contributed by atoms with Gasteiger partial charge in [0.25, 0.3) is 0 Å². The minimum atomic E-state index is 0.0196. The fraction of sp³-hybridized carbons (Fsp3) is 0.250. The third-order valence-electron chi connectivity index (χ3n) is 2.29. The van der Waals surface area contributed by atoms with E-state index in [0.29, 0.717) is 0 Å². The zero-order valence-electron chi connectivity index (χ0n) is 9.52. The molecular formula is C12H14N4S. The average molecular weight is 246 g/mol. The first-order valence-corrected chi connectivity index (χ1v) is 6.24. The second-order valence-corrected chi connectivity index (χ2v) is 4.82. The molecule has 2 heterocycles. The summed E-state index contributed by atoms with van der Waals surface area (Å²) in [6.45, 7) is 1.99. The number of aromatic nitrogens is 3. The summed E-state index contributed by atoms with van der Waals surface area (Å²) in [5.41, 5.74) is 7.17. The summed E-state index contributed by atoms with van der Waals surface area (Å²) >= 11 is 1.57. The maximum Gasteiger partial charge on any atom is 0.188 e. The van der Waals surface area contributed by atoms with Gasteiger partial charge in [-0.15, -0.1) is 0 Å². The lowest BCUT2D eigenvalue weighted by molar-refractivity contribution is 0.717. The molecule has 0 aliphatic rings. The number of nitrogens with zero attached hydrogens (tertiary/aromatic N) is 3. The Bertz CT molecular complexity index is 447. The molecule has 0 saturated heterocycles. The lowest BCUT2D eigenvalue weighted by Crippen LogP contribution is -2.22. The molecule has 0 amide bonds. The summed E-state index contributed by atoms with van der Waals surface area (Å²) in [6, 6.07) is 5.77. The Balaban J connectivity index is 2.20. The molecule has 0 spiro atoms. The van der Waals surface area contributed by atoms with E-state index in [0.717, 1.165) is 10.7 Å². The Morgan fingerprint density at radius 3 is 2.35 bits per heavy atom. The van der Waals surface area contributed by atoms with Crippen LogP contribution in [0.5, 0.6) is 0 Å².